The Morgan fingerprint density at radius 1 is 1.14 bits per heavy atom. The van der Waals surface area contributed by atoms with Gasteiger partial charge in [-0.15, -0.1) is 0 Å². The van der Waals surface area contributed by atoms with Gasteiger partial charge in [0.1, 0.15) is 5.60 Å². The first-order valence-electron chi connectivity index (χ1n) is 7.66. The Morgan fingerprint density at radius 3 is 2.71 bits per heavy atom. The molecule has 1 atom stereocenters. The van der Waals surface area contributed by atoms with Gasteiger partial charge in [-0.3, -0.25) is 4.90 Å². The van der Waals surface area contributed by atoms with E-state index in [2.05, 4.69) is 33.6 Å². The SMILES string of the molecule is CC(C)N1CCOC2(COCCN(c3ncccn3)C2)C1. The van der Waals surface area contributed by atoms with Crippen molar-refractivity contribution < 1.29 is 9.47 Å². The Hall–Kier alpha value is -1.24. The summed E-state index contributed by atoms with van der Waals surface area (Å²) < 4.78 is 12.0. The molecule has 0 radical (unpaired) electrons. The summed E-state index contributed by atoms with van der Waals surface area (Å²) in [4.78, 5) is 13.4. The van der Waals surface area contributed by atoms with Gasteiger partial charge in [0.25, 0.3) is 0 Å². The molecule has 2 aliphatic heterocycles. The predicted octanol–water partition coefficient (Wildman–Crippen LogP) is 0.793. The highest BCUT2D eigenvalue weighted by Gasteiger charge is 2.41. The van der Waals surface area contributed by atoms with E-state index in [1.54, 1.807) is 12.4 Å². The molecule has 21 heavy (non-hydrogen) atoms. The highest BCUT2D eigenvalue weighted by atomic mass is 16.5. The van der Waals surface area contributed by atoms with Crippen LogP contribution in [0, 0.1) is 0 Å². The second-order valence-corrected chi connectivity index (χ2v) is 6.12. The molecule has 0 N–H and O–H groups in total. The number of morpholine rings is 1. The van der Waals surface area contributed by atoms with Crippen molar-refractivity contribution in [3.63, 3.8) is 0 Å². The largest absolute Gasteiger partial charge is 0.376 e. The molecule has 1 unspecified atom stereocenters. The first-order valence-corrected chi connectivity index (χ1v) is 7.66. The van der Waals surface area contributed by atoms with Gasteiger partial charge in [-0.1, -0.05) is 0 Å². The van der Waals surface area contributed by atoms with Gasteiger partial charge in [0, 0.05) is 38.1 Å². The third kappa shape index (κ3) is 3.33. The molecule has 6 nitrogen and oxygen atoms in total. The molecular weight excluding hydrogens is 268 g/mol. The van der Waals surface area contributed by atoms with Crippen molar-refractivity contribution in [3.8, 4) is 0 Å². The van der Waals surface area contributed by atoms with Gasteiger partial charge in [-0.25, -0.2) is 9.97 Å². The predicted molar refractivity (Wildman–Crippen MR) is 80.5 cm³/mol. The Bertz CT molecular complexity index is 456. The van der Waals surface area contributed by atoms with Gasteiger partial charge >= 0.3 is 0 Å². The van der Waals surface area contributed by atoms with E-state index < -0.39 is 0 Å². The fourth-order valence-corrected chi connectivity index (χ4v) is 3.03. The van der Waals surface area contributed by atoms with Crippen molar-refractivity contribution in [1.29, 1.82) is 0 Å². The van der Waals surface area contributed by atoms with Crippen molar-refractivity contribution in [2.75, 3.05) is 50.9 Å². The Kier molecular flexibility index (Phi) is 4.37. The zero-order valence-electron chi connectivity index (χ0n) is 12.9. The molecule has 2 aliphatic rings. The van der Waals surface area contributed by atoms with Crippen LogP contribution in [-0.4, -0.2) is 72.5 Å². The normalized spacial score (nSPS) is 28.0. The van der Waals surface area contributed by atoms with Gasteiger partial charge in [-0.05, 0) is 19.9 Å². The third-order valence-corrected chi connectivity index (χ3v) is 4.19. The highest BCUT2D eigenvalue weighted by Crippen LogP contribution is 2.25. The molecule has 1 aromatic rings. The molecule has 1 spiro atoms. The summed E-state index contributed by atoms with van der Waals surface area (Å²) >= 11 is 0. The summed E-state index contributed by atoms with van der Waals surface area (Å²) in [7, 11) is 0. The molecule has 6 heteroatoms. The van der Waals surface area contributed by atoms with Crippen LogP contribution in [0.4, 0.5) is 5.95 Å². The van der Waals surface area contributed by atoms with Gasteiger partial charge < -0.3 is 14.4 Å². The van der Waals surface area contributed by atoms with E-state index in [4.69, 9.17) is 9.47 Å². The van der Waals surface area contributed by atoms with E-state index in [0.717, 1.165) is 38.7 Å². The molecule has 0 bridgehead atoms. The topological polar surface area (TPSA) is 50.7 Å². The van der Waals surface area contributed by atoms with E-state index in [0.29, 0.717) is 19.3 Å². The summed E-state index contributed by atoms with van der Waals surface area (Å²) in [6, 6.07) is 2.36. The average Bonchev–Trinajstić information content (AvgIpc) is 2.71. The fraction of sp³-hybridized carbons (Fsp3) is 0.733. The molecule has 3 heterocycles. The maximum absolute atomic E-state index is 6.15. The highest BCUT2D eigenvalue weighted by molar-refractivity contribution is 5.30. The lowest BCUT2D eigenvalue weighted by atomic mass is 10.0. The molecular formula is C15H24N4O2. The van der Waals surface area contributed by atoms with Crippen LogP contribution in [0.5, 0.6) is 0 Å². The summed E-state index contributed by atoms with van der Waals surface area (Å²) in [5, 5.41) is 0. The first kappa shape index (κ1) is 14.7. The van der Waals surface area contributed by atoms with E-state index in [-0.39, 0.29) is 5.60 Å². The number of rotatable bonds is 2. The lowest BCUT2D eigenvalue weighted by molar-refractivity contribution is -0.137. The van der Waals surface area contributed by atoms with E-state index in [9.17, 15) is 0 Å². The second kappa shape index (κ2) is 6.25. The van der Waals surface area contributed by atoms with Crippen LogP contribution in [-0.2, 0) is 9.47 Å². The smallest absolute Gasteiger partial charge is 0.225 e. The first-order chi connectivity index (χ1) is 10.2. The molecule has 0 aliphatic carbocycles. The lowest BCUT2D eigenvalue weighted by Gasteiger charge is -2.44. The van der Waals surface area contributed by atoms with Crippen molar-refractivity contribution in [2.24, 2.45) is 0 Å². The molecule has 0 amide bonds. The number of hydrogen-bond acceptors (Lipinski definition) is 6. The van der Waals surface area contributed by atoms with Crippen LogP contribution in [0.1, 0.15) is 13.8 Å². The van der Waals surface area contributed by atoms with Crippen LogP contribution in [0.25, 0.3) is 0 Å². The molecule has 2 fully saturated rings. The van der Waals surface area contributed by atoms with Crippen molar-refractivity contribution in [2.45, 2.75) is 25.5 Å². The fourth-order valence-electron chi connectivity index (χ4n) is 3.03. The minimum atomic E-state index is -0.280. The maximum Gasteiger partial charge on any atom is 0.225 e. The molecule has 0 saturated carbocycles. The number of anilines is 1. The van der Waals surface area contributed by atoms with E-state index in [1.807, 2.05) is 6.07 Å². The van der Waals surface area contributed by atoms with Crippen LogP contribution in [0.15, 0.2) is 18.5 Å². The second-order valence-electron chi connectivity index (χ2n) is 6.12. The third-order valence-electron chi connectivity index (χ3n) is 4.19. The van der Waals surface area contributed by atoms with Crippen LogP contribution < -0.4 is 4.90 Å². The maximum atomic E-state index is 6.15. The standard InChI is InChI=1S/C15H24N4O2/c1-13(2)18-7-9-21-15(10-18)11-19(6-8-20-12-15)14-16-4-3-5-17-14/h3-5,13H,6-12H2,1-2H3. The zero-order chi connectivity index (χ0) is 14.7. The number of ether oxygens (including phenoxy) is 2. The minimum Gasteiger partial charge on any atom is -0.376 e. The summed E-state index contributed by atoms with van der Waals surface area (Å²) in [5.74, 6) is 0.757. The van der Waals surface area contributed by atoms with Gasteiger partial charge in [0.05, 0.1) is 26.4 Å². The van der Waals surface area contributed by atoms with Crippen molar-refractivity contribution in [1.82, 2.24) is 14.9 Å². The molecule has 2 saturated heterocycles. The lowest BCUT2D eigenvalue weighted by Crippen LogP contribution is -2.60. The van der Waals surface area contributed by atoms with Gasteiger partial charge in [0.2, 0.25) is 5.95 Å². The van der Waals surface area contributed by atoms with Gasteiger partial charge in [0.15, 0.2) is 0 Å². The molecule has 3 rings (SSSR count). The molecule has 1 aromatic heterocycles. The number of aromatic nitrogens is 2. The summed E-state index contributed by atoms with van der Waals surface area (Å²) in [6.45, 7) is 10.0. The Morgan fingerprint density at radius 2 is 1.95 bits per heavy atom. The molecule has 0 aromatic carbocycles. The van der Waals surface area contributed by atoms with E-state index in [1.165, 1.54) is 0 Å². The zero-order valence-corrected chi connectivity index (χ0v) is 12.9. The Labute approximate surface area is 126 Å². The minimum absolute atomic E-state index is 0.280. The monoisotopic (exact) mass is 292 g/mol. The average molecular weight is 292 g/mol. The van der Waals surface area contributed by atoms with Crippen molar-refractivity contribution in [3.05, 3.63) is 18.5 Å². The van der Waals surface area contributed by atoms with E-state index >= 15 is 0 Å². The summed E-state index contributed by atoms with van der Waals surface area (Å²) in [5.41, 5.74) is -0.280. The van der Waals surface area contributed by atoms with Crippen LogP contribution in [0.2, 0.25) is 0 Å². The summed E-state index contributed by atoms with van der Waals surface area (Å²) in [6.07, 6.45) is 3.56. The van der Waals surface area contributed by atoms with Crippen LogP contribution in [0.3, 0.4) is 0 Å². The molecule has 116 valence electrons. The van der Waals surface area contributed by atoms with Crippen molar-refractivity contribution >= 4 is 5.95 Å². The Balaban J connectivity index is 1.78. The van der Waals surface area contributed by atoms with Crippen LogP contribution >= 0.6 is 0 Å². The number of nitrogens with zero attached hydrogens (tertiary/aromatic N) is 4. The quantitative estimate of drug-likeness (QED) is 0.803. The van der Waals surface area contributed by atoms with Gasteiger partial charge in [-0.2, -0.15) is 0 Å². The number of hydrogen-bond donors (Lipinski definition) is 0.